The molecule has 0 saturated heterocycles. The molecule has 0 spiro atoms. The summed E-state index contributed by atoms with van der Waals surface area (Å²) in [5.41, 5.74) is 4.04. The summed E-state index contributed by atoms with van der Waals surface area (Å²) >= 11 is 0. The average Bonchev–Trinajstić information content (AvgIpc) is 2.84. The van der Waals surface area contributed by atoms with Crippen LogP contribution in [0.15, 0.2) is 60.8 Å². The molecule has 0 aliphatic carbocycles. The van der Waals surface area contributed by atoms with Gasteiger partial charge in [-0.2, -0.15) is 0 Å². The highest BCUT2D eigenvalue weighted by Crippen LogP contribution is 2.25. The average molecular weight is 498 g/mol. The van der Waals surface area contributed by atoms with Crippen molar-refractivity contribution in [1.82, 2.24) is 14.6 Å². The fourth-order valence-electron chi connectivity index (χ4n) is 4.09. The molecule has 182 valence electrons. The van der Waals surface area contributed by atoms with E-state index in [4.69, 9.17) is 0 Å². The van der Waals surface area contributed by atoms with Crippen LogP contribution >= 0.6 is 0 Å². The molecule has 0 saturated carbocycles. The number of hydrogen-bond donors (Lipinski definition) is 1. The van der Waals surface area contributed by atoms with Gasteiger partial charge in [-0.15, -0.1) is 0 Å². The van der Waals surface area contributed by atoms with E-state index in [0.29, 0.717) is 25.1 Å². The maximum absolute atomic E-state index is 13.8. The first-order valence-corrected chi connectivity index (χ1v) is 12.8. The summed E-state index contributed by atoms with van der Waals surface area (Å²) in [6.45, 7) is 2.65. The van der Waals surface area contributed by atoms with Gasteiger partial charge in [0.15, 0.2) is 11.6 Å². The molecule has 1 N–H and O–H groups in total. The minimum Gasteiger partial charge on any atom is -0.334 e. The van der Waals surface area contributed by atoms with E-state index in [9.17, 15) is 22.0 Å². The molecular formula is C26H25F2N3O3S. The Balaban J connectivity index is 1.45. The number of rotatable bonds is 7. The number of aryl methyl sites for hydroxylation is 1. The second-order valence-corrected chi connectivity index (χ2v) is 10.2. The minimum atomic E-state index is -3.55. The van der Waals surface area contributed by atoms with Crippen LogP contribution in [0, 0.1) is 18.6 Å². The van der Waals surface area contributed by atoms with Crippen molar-refractivity contribution in [3.8, 4) is 0 Å². The molecule has 1 aliphatic rings. The molecule has 2 heterocycles. The zero-order valence-electron chi connectivity index (χ0n) is 19.2. The summed E-state index contributed by atoms with van der Waals surface area (Å²) in [7, 11) is -3.55. The summed E-state index contributed by atoms with van der Waals surface area (Å²) in [5.74, 6) is -2.42. The van der Waals surface area contributed by atoms with Crippen molar-refractivity contribution in [3.05, 3.63) is 106 Å². The molecule has 3 aromatic rings. The molecule has 0 atom stereocenters. The lowest BCUT2D eigenvalue weighted by molar-refractivity contribution is -0.126. The van der Waals surface area contributed by atoms with E-state index in [2.05, 4.69) is 9.71 Å². The Morgan fingerprint density at radius 2 is 1.91 bits per heavy atom. The van der Waals surface area contributed by atoms with Gasteiger partial charge in [0.2, 0.25) is 15.9 Å². The number of nitrogens with one attached hydrogen (secondary N) is 1. The minimum absolute atomic E-state index is 0.00174. The standard InChI is InChI=1S/C26H25F2N3O3S/c1-18-23(15-30-35(33,34)17-19-6-3-2-4-7-19)22-12-13-31(16-21(22)14-29-18)25(32)11-10-20-8-5-9-24(27)26(20)28/h2-11,14,30H,12-13,15-17H2,1H3. The highest BCUT2D eigenvalue weighted by molar-refractivity contribution is 7.88. The quantitative estimate of drug-likeness (QED) is 0.503. The topological polar surface area (TPSA) is 79.4 Å². The van der Waals surface area contributed by atoms with Gasteiger partial charge in [0.25, 0.3) is 0 Å². The molecule has 4 rings (SSSR count). The van der Waals surface area contributed by atoms with E-state index in [1.807, 2.05) is 13.0 Å². The Hall–Kier alpha value is -3.43. The third-order valence-corrected chi connectivity index (χ3v) is 7.26. The molecule has 6 nitrogen and oxygen atoms in total. The molecular weight excluding hydrogens is 472 g/mol. The third-order valence-electron chi connectivity index (χ3n) is 5.96. The van der Waals surface area contributed by atoms with Crippen LogP contribution in [-0.2, 0) is 40.1 Å². The van der Waals surface area contributed by atoms with Crippen molar-refractivity contribution in [2.75, 3.05) is 6.54 Å². The summed E-state index contributed by atoms with van der Waals surface area (Å²) in [5, 5.41) is 0. The van der Waals surface area contributed by atoms with Gasteiger partial charge in [-0.3, -0.25) is 9.78 Å². The van der Waals surface area contributed by atoms with E-state index in [1.165, 1.54) is 24.3 Å². The van der Waals surface area contributed by atoms with E-state index in [0.717, 1.165) is 28.5 Å². The van der Waals surface area contributed by atoms with Crippen LogP contribution in [0.4, 0.5) is 8.78 Å². The van der Waals surface area contributed by atoms with Gasteiger partial charge >= 0.3 is 0 Å². The van der Waals surface area contributed by atoms with Crippen LogP contribution in [0.25, 0.3) is 6.08 Å². The van der Waals surface area contributed by atoms with Gasteiger partial charge in [-0.05, 0) is 47.7 Å². The van der Waals surface area contributed by atoms with Crippen LogP contribution < -0.4 is 4.72 Å². The first-order chi connectivity index (χ1) is 16.7. The number of benzene rings is 2. The molecule has 1 aliphatic heterocycles. The second kappa shape index (κ2) is 10.5. The van der Waals surface area contributed by atoms with E-state index >= 15 is 0 Å². The van der Waals surface area contributed by atoms with Crippen molar-refractivity contribution in [2.45, 2.75) is 32.2 Å². The Kier molecular flexibility index (Phi) is 7.37. The number of carbonyl (C=O) groups excluding carboxylic acids is 1. The summed E-state index contributed by atoms with van der Waals surface area (Å²) in [6.07, 6.45) is 4.71. The number of pyridine rings is 1. The number of halogens is 2. The summed E-state index contributed by atoms with van der Waals surface area (Å²) in [6, 6.07) is 12.7. The molecule has 1 aromatic heterocycles. The summed E-state index contributed by atoms with van der Waals surface area (Å²) in [4.78, 5) is 18.7. The van der Waals surface area contributed by atoms with Crippen molar-refractivity contribution in [1.29, 1.82) is 0 Å². The largest absolute Gasteiger partial charge is 0.334 e. The number of carbonyl (C=O) groups is 1. The van der Waals surface area contributed by atoms with E-state index in [-0.39, 0.29) is 23.8 Å². The van der Waals surface area contributed by atoms with Crippen LogP contribution in [0.3, 0.4) is 0 Å². The highest BCUT2D eigenvalue weighted by atomic mass is 32.2. The van der Waals surface area contributed by atoms with Crippen molar-refractivity contribution in [2.24, 2.45) is 0 Å². The van der Waals surface area contributed by atoms with E-state index in [1.54, 1.807) is 35.4 Å². The molecule has 0 bridgehead atoms. The normalized spacial score (nSPS) is 13.7. The van der Waals surface area contributed by atoms with Crippen LogP contribution in [0.5, 0.6) is 0 Å². The Morgan fingerprint density at radius 3 is 2.69 bits per heavy atom. The van der Waals surface area contributed by atoms with Gasteiger partial charge in [-0.25, -0.2) is 21.9 Å². The number of fused-ring (bicyclic) bond motifs is 1. The molecule has 0 unspecified atom stereocenters. The van der Waals surface area contributed by atoms with Crippen molar-refractivity contribution in [3.63, 3.8) is 0 Å². The second-order valence-electron chi connectivity index (χ2n) is 8.38. The highest BCUT2D eigenvalue weighted by Gasteiger charge is 2.24. The van der Waals surface area contributed by atoms with Crippen LogP contribution in [0.1, 0.15) is 33.5 Å². The first-order valence-electron chi connectivity index (χ1n) is 11.1. The predicted molar refractivity (Wildman–Crippen MR) is 129 cm³/mol. The maximum Gasteiger partial charge on any atom is 0.246 e. The van der Waals surface area contributed by atoms with Crippen LogP contribution in [-0.4, -0.2) is 30.8 Å². The van der Waals surface area contributed by atoms with Crippen LogP contribution in [0.2, 0.25) is 0 Å². The molecule has 0 fully saturated rings. The number of aromatic nitrogens is 1. The molecule has 1 amide bonds. The molecule has 0 radical (unpaired) electrons. The SMILES string of the molecule is Cc1ncc2c(c1CNS(=O)(=O)Cc1ccccc1)CCN(C(=O)C=Cc1cccc(F)c1F)C2. The van der Waals surface area contributed by atoms with Gasteiger partial charge in [0.05, 0.1) is 5.75 Å². The van der Waals surface area contributed by atoms with Gasteiger partial charge in [0, 0.05) is 43.2 Å². The lowest BCUT2D eigenvalue weighted by atomic mass is 9.95. The number of nitrogens with zero attached hydrogens (tertiary/aromatic N) is 2. The molecule has 35 heavy (non-hydrogen) atoms. The lowest BCUT2D eigenvalue weighted by Crippen LogP contribution is -2.36. The smallest absolute Gasteiger partial charge is 0.246 e. The Labute approximate surface area is 203 Å². The van der Waals surface area contributed by atoms with Crippen molar-refractivity contribution < 1.29 is 22.0 Å². The molecule has 9 heteroatoms. The maximum atomic E-state index is 13.8. The number of hydrogen-bond acceptors (Lipinski definition) is 4. The monoisotopic (exact) mass is 497 g/mol. The summed E-state index contributed by atoms with van der Waals surface area (Å²) < 4.78 is 55.1. The zero-order chi connectivity index (χ0) is 25.0. The third kappa shape index (κ3) is 5.98. The van der Waals surface area contributed by atoms with E-state index < -0.39 is 21.7 Å². The van der Waals surface area contributed by atoms with Gasteiger partial charge in [-0.1, -0.05) is 42.5 Å². The number of amides is 1. The fraction of sp³-hybridized carbons (Fsp3) is 0.231. The van der Waals surface area contributed by atoms with Gasteiger partial charge < -0.3 is 4.90 Å². The Bertz CT molecular complexity index is 1380. The molecule has 2 aromatic carbocycles. The Morgan fingerprint density at radius 1 is 1.14 bits per heavy atom. The fourth-order valence-corrected chi connectivity index (χ4v) is 5.18. The lowest BCUT2D eigenvalue weighted by Gasteiger charge is -2.30. The number of sulfonamides is 1. The zero-order valence-corrected chi connectivity index (χ0v) is 20.0. The van der Waals surface area contributed by atoms with Crippen molar-refractivity contribution >= 4 is 22.0 Å². The van der Waals surface area contributed by atoms with Gasteiger partial charge in [0.1, 0.15) is 0 Å². The predicted octanol–water partition coefficient (Wildman–Crippen LogP) is 3.89. The first kappa shape index (κ1) is 24.7.